The summed E-state index contributed by atoms with van der Waals surface area (Å²) in [4.78, 5) is 32.5. The number of nitrogens with one attached hydrogen (secondary N) is 2. The van der Waals surface area contributed by atoms with E-state index in [1.165, 1.54) is 10.6 Å². The zero-order valence-electron chi connectivity index (χ0n) is 17.0. The molecule has 0 aliphatic rings. The lowest BCUT2D eigenvalue weighted by molar-refractivity contribution is 0.0945. The van der Waals surface area contributed by atoms with Crippen LogP contribution in [0.2, 0.25) is 0 Å². The Morgan fingerprint density at radius 2 is 1.71 bits per heavy atom. The predicted molar refractivity (Wildman–Crippen MR) is 117 cm³/mol. The van der Waals surface area contributed by atoms with Crippen molar-refractivity contribution in [1.29, 1.82) is 0 Å². The quantitative estimate of drug-likeness (QED) is 0.485. The lowest BCUT2D eigenvalue weighted by Crippen LogP contribution is -2.24. The number of rotatable bonds is 7. The van der Waals surface area contributed by atoms with E-state index < -0.39 is 0 Å². The van der Waals surface area contributed by atoms with Crippen LogP contribution in [0, 0.1) is 6.92 Å². The van der Waals surface area contributed by atoms with Gasteiger partial charge in [0, 0.05) is 24.5 Å². The molecule has 31 heavy (non-hydrogen) atoms. The molecule has 156 valence electrons. The fourth-order valence-corrected chi connectivity index (χ4v) is 3.11. The molecule has 1 amide bonds. The van der Waals surface area contributed by atoms with E-state index in [0.29, 0.717) is 24.6 Å². The summed E-state index contributed by atoms with van der Waals surface area (Å²) in [6, 6.07) is 22.4. The first-order valence-electron chi connectivity index (χ1n) is 9.89. The maximum Gasteiger partial charge on any atom is 0.272 e. The second kappa shape index (κ2) is 9.13. The van der Waals surface area contributed by atoms with Crippen LogP contribution in [-0.2, 0) is 13.2 Å². The maximum absolute atomic E-state index is 12.6. The second-order valence-corrected chi connectivity index (χ2v) is 7.05. The summed E-state index contributed by atoms with van der Waals surface area (Å²) < 4.78 is 7.04. The van der Waals surface area contributed by atoms with Crippen molar-refractivity contribution in [1.82, 2.24) is 19.9 Å². The Balaban J connectivity index is 1.46. The van der Waals surface area contributed by atoms with E-state index >= 15 is 0 Å². The van der Waals surface area contributed by atoms with Crippen molar-refractivity contribution < 1.29 is 9.53 Å². The Morgan fingerprint density at radius 1 is 1.03 bits per heavy atom. The number of carbonyl (C=O) groups is 1. The van der Waals surface area contributed by atoms with E-state index in [-0.39, 0.29) is 23.1 Å². The van der Waals surface area contributed by atoms with Gasteiger partial charge in [-0.2, -0.15) is 0 Å². The first-order valence-corrected chi connectivity index (χ1v) is 9.89. The highest BCUT2D eigenvalue weighted by Gasteiger charge is 2.16. The highest BCUT2D eigenvalue weighted by Crippen LogP contribution is 2.13. The van der Waals surface area contributed by atoms with Crippen LogP contribution in [0.3, 0.4) is 0 Å². The molecule has 2 aromatic carbocycles. The Kier molecular flexibility index (Phi) is 5.93. The van der Waals surface area contributed by atoms with Gasteiger partial charge in [0.05, 0.1) is 0 Å². The smallest absolute Gasteiger partial charge is 0.272 e. The van der Waals surface area contributed by atoms with Crippen LogP contribution in [-0.4, -0.2) is 20.4 Å². The summed E-state index contributed by atoms with van der Waals surface area (Å²) in [7, 11) is 0. The molecule has 0 aliphatic carbocycles. The van der Waals surface area contributed by atoms with Crippen molar-refractivity contribution in [2.75, 3.05) is 0 Å². The Bertz CT molecular complexity index is 1230. The standard InChI is InChI=1S/C24H22N4O3/c1-17-22(23(30)25-15-18-8-4-2-5-9-18)27-24(26-17)28-13-12-20(14-21(28)29)31-16-19-10-6-3-7-11-19/h2-14H,15-16H2,1H3,(H,25,30)(H,26,27). The number of amides is 1. The minimum absolute atomic E-state index is 0.252. The highest BCUT2D eigenvalue weighted by molar-refractivity contribution is 5.93. The molecule has 7 heteroatoms. The first kappa shape index (κ1) is 20.2. The Labute approximate surface area is 179 Å². The number of nitrogens with zero attached hydrogens (tertiary/aromatic N) is 2. The van der Waals surface area contributed by atoms with Gasteiger partial charge in [0.1, 0.15) is 12.4 Å². The molecular formula is C24H22N4O3. The molecular weight excluding hydrogens is 392 g/mol. The number of hydrogen-bond acceptors (Lipinski definition) is 4. The van der Waals surface area contributed by atoms with Crippen molar-refractivity contribution in [3.63, 3.8) is 0 Å². The summed E-state index contributed by atoms with van der Waals surface area (Å²) in [5, 5.41) is 2.85. The van der Waals surface area contributed by atoms with Gasteiger partial charge in [-0.05, 0) is 24.1 Å². The zero-order valence-corrected chi connectivity index (χ0v) is 17.0. The van der Waals surface area contributed by atoms with Gasteiger partial charge in [-0.3, -0.25) is 14.2 Å². The number of benzene rings is 2. The molecule has 0 saturated heterocycles. The van der Waals surface area contributed by atoms with E-state index in [1.807, 2.05) is 60.7 Å². The molecule has 0 saturated carbocycles. The number of aryl methyl sites for hydroxylation is 1. The van der Waals surface area contributed by atoms with Crippen molar-refractivity contribution in [3.05, 3.63) is 112 Å². The van der Waals surface area contributed by atoms with E-state index in [4.69, 9.17) is 4.74 Å². The summed E-state index contributed by atoms with van der Waals surface area (Å²) >= 11 is 0. The van der Waals surface area contributed by atoms with E-state index in [0.717, 1.165) is 11.1 Å². The Hall–Kier alpha value is -4.13. The minimum atomic E-state index is -0.310. The van der Waals surface area contributed by atoms with Gasteiger partial charge in [-0.1, -0.05) is 60.7 Å². The number of imidazole rings is 1. The lowest BCUT2D eigenvalue weighted by Gasteiger charge is -2.07. The number of aromatic amines is 1. The van der Waals surface area contributed by atoms with Gasteiger partial charge < -0.3 is 15.0 Å². The molecule has 0 radical (unpaired) electrons. The molecule has 4 aromatic rings. The third-order valence-corrected chi connectivity index (χ3v) is 4.75. The van der Waals surface area contributed by atoms with Crippen molar-refractivity contribution >= 4 is 5.91 Å². The molecule has 0 aliphatic heterocycles. The van der Waals surface area contributed by atoms with Crippen LogP contribution >= 0.6 is 0 Å². The van der Waals surface area contributed by atoms with Crippen LogP contribution in [0.4, 0.5) is 0 Å². The molecule has 4 rings (SSSR count). The number of H-pyrrole nitrogens is 1. The summed E-state index contributed by atoms with van der Waals surface area (Å²) in [5.74, 6) is 0.441. The minimum Gasteiger partial charge on any atom is -0.489 e. The summed E-state index contributed by atoms with van der Waals surface area (Å²) in [5.41, 5.74) is 2.53. The third kappa shape index (κ3) is 4.90. The third-order valence-electron chi connectivity index (χ3n) is 4.75. The van der Waals surface area contributed by atoms with E-state index in [1.54, 1.807) is 19.2 Å². The molecule has 0 spiro atoms. The summed E-state index contributed by atoms with van der Waals surface area (Å²) in [6.45, 7) is 2.51. The number of hydrogen-bond donors (Lipinski definition) is 2. The van der Waals surface area contributed by atoms with Crippen LogP contribution in [0.1, 0.15) is 27.3 Å². The highest BCUT2D eigenvalue weighted by atomic mass is 16.5. The van der Waals surface area contributed by atoms with E-state index in [9.17, 15) is 9.59 Å². The lowest BCUT2D eigenvalue weighted by atomic mass is 10.2. The van der Waals surface area contributed by atoms with Crippen molar-refractivity contribution in [2.24, 2.45) is 0 Å². The number of aromatic nitrogens is 3. The topological polar surface area (TPSA) is 89.0 Å². The van der Waals surface area contributed by atoms with Crippen LogP contribution in [0.15, 0.2) is 83.8 Å². The van der Waals surface area contributed by atoms with Gasteiger partial charge in [0.15, 0.2) is 5.69 Å². The predicted octanol–water partition coefficient (Wildman–Crippen LogP) is 3.38. The van der Waals surface area contributed by atoms with Gasteiger partial charge in [-0.25, -0.2) is 4.98 Å². The molecule has 0 atom stereocenters. The average molecular weight is 414 g/mol. The van der Waals surface area contributed by atoms with Gasteiger partial charge in [-0.15, -0.1) is 0 Å². The van der Waals surface area contributed by atoms with E-state index in [2.05, 4.69) is 15.3 Å². The number of ether oxygens (including phenoxy) is 1. The largest absolute Gasteiger partial charge is 0.489 e. The van der Waals surface area contributed by atoms with Gasteiger partial charge >= 0.3 is 0 Å². The fourth-order valence-electron chi connectivity index (χ4n) is 3.11. The normalized spacial score (nSPS) is 10.6. The first-order chi connectivity index (χ1) is 15.1. The monoisotopic (exact) mass is 414 g/mol. The summed E-state index contributed by atoms with van der Waals surface area (Å²) in [6.07, 6.45) is 1.58. The molecule has 0 fully saturated rings. The second-order valence-electron chi connectivity index (χ2n) is 7.05. The van der Waals surface area contributed by atoms with Crippen LogP contribution in [0.25, 0.3) is 5.95 Å². The molecule has 0 unspecified atom stereocenters. The van der Waals surface area contributed by atoms with Crippen LogP contribution < -0.4 is 15.6 Å². The number of pyridine rings is 1. The molecule has 7 nitrogen and oxygen atoms in total. The SMILES string of the molecule is Cc1[nH]c(-n2ccc(OCc3ccccc3)cc2=O)nc1C(=O)NCc1ccccc1. The van der Waals surface area contributed by atoms with Gasteiger partial charge in [0.2, 0.25) is 5.95 Å². The zero-order chi connectivity index (χ0) is 21.6. The maximum atomic E-state index is 12.6. The molecule has 2 N–H and O–H groups in total. The van der Waals surface area contributed by atoms with Crippen molar-refractivity contribution in [3.8, 4) is 11.7 Å². The average Bonchev–Trinajstić information content (AvgIpc) is 3.19. The van der Waals surface area contributed by atoms with Crippen molar-refractivity contribution in [2.45, 2.75) is 20.1 Å². The number of carbonyl (C=O) groups excluding carboxylic acids is 1. The molecule has 2 aromatic heterocycles. The van der Waals surface area contributed by atoms with Crippen LogP contribution in [0.5, 0.6) is 5.75 Å². The molecule has 0 bridgehead atoms. The molecule has 2 heterocycles. The van der Waals surface area contributed by atoms with Gasteiger partial charge in [0.25, 0.3) is 11.5 Å². The fraction of sp³-hybridized carbons (Fsp3) is 0.125. The Morgan fingerprint density at radius 3 is 2.39 bits per heavy atom.